The van der Waals surface area contributed by atoms with Gasteiger partial charge in [-0.15, -0.1) is 0 Å². The molecule has 3 rings (SSSR count). The molecule has 0 aromatic heterocycles. The van der Waals surface area contributed by atoms with Crippen molar-refractivity contribution in [2.24, 2.45) is 5.41 Å². The zero-order valence-corrected chi connectivity index (χ0v) is 12.2. The van der Waals surface area contributed by atoms with Crippen LogP contribution in [0.3, 0.4) is 0 Å². The second kappa shape index (κ2) is 5.11. The van der Waals surface area contributed by atoms with Crippen LogP contribution in [0.25, 0.3) is 10.8 Å². The van der Waals surface area contributed by atoms with E-state index in [1.54, 1.807) is 7.11 Å². The van der Waals surface area contributed by atoms with Crippen molar-refractivity contribution >= 4 is 23.4 Å². The summed E-state index contributed by atoms with van der Waals surface area (Å²) >= 11 is 0. The first-order chi connectivity index (χ1) is 9.57. The van der Waals surface area contributed by atoms with Crippen LogP contribution in [0.1, 0.15) is 13.8 Å². The normalized spacial score (nSPS) is 18.2. The molecule has 0 aliphatic carbocycles. The van der Waals surface area contributed by atoms with Gasteiger partial charge < -0.3 is 14.0 Å². The van der Waals surface area contributed by atoms with E-state index < -0.39 is 0 Å². The second-order valence-electron chi connectivity index (χ2n) is 6.09. The Morgan fingerprint density at radius 2 is 1.65 bits per heavy atom. The van der Waals surface area contributed by atoms with Crippen LogP contribution in [0.15, 0.2) is 36.4 Å². The van der Waals surface area contributed by atoms with Crippen molar-refractivity contribution in [2.45, 2.75) is 13.8 Å². The minimum absolute atomic E-state index is 0.0979. The third-order valence-electron chi connectivity index (χ3n) is 3.59. The lowest BCUT2D eigenvalue weighted by Gasteiger charge is -2.33. The molecule has 2 aromatic carbocycles. The molecule has 0 N–H and O–H groups in total. The topological polar surface area (TPSA) is 27.7 Å². The second-order valence-corrected chi connectivity index (χ2v) is 6.09. The molecule has 2 aromatic rings. The fourth-order valence-electron chi connectivity index (χ4n) is 2.40. The number of ether oxygens (including phenoxy) is 1. The highest BCUT2D eigenvalue weighted by molar-refractivity contribution is 6.61. The van der Waals surface area contributed by atoms with Crippen LogP contribution in [0.2, 0.25) is 0 Å². The molecule has 1 heterocycles. The van der Waals surface area contributed by atoms with Gasteiger partial charge >= 0.3 is 7.12 Å². The maximum absolute atomic E-state index is 5.83. The zero-order valence-electron chi connectivity index (χ0n) is 12.2. The lowest BCUT2D eigenvalue weighted by atomic mass is 9.75. The van der Waals surface area contributed by atoms with E-state index in [4.69, 9.17) is 14.0 Å². The van der Waals surface area contributed by atoms with Crippen LogP contribution >= 0.6 is 0 Å². The van der Waals surface area contributed by atoms with E-state index in [-0.39, 0.29) is 12.5 Å². The highest BCUT2D eigenvalue weighted by Crippen LogP contribution is 2.23. The van der Waals surface area contributed by atoms with Gasteiger partial charge in [-0.1, -0.05) is 38.1 Å². The summed E-state index contributed by atoms with van der Waals surface area (Å²) in [6, 6.07) is 12.3. The molecule has 1 saturated heterocycles. The van der Waals surface area contributed by atoms with Crippen molar-refractivity contribution in [1.29, 1.82) is 0 Å². The Balaban J connectivity index is 1.86. The van der Waals surface area contributed by atoms with Gasteiger partial charge in [0.1, 0.15) is 5.75 Å². The van der Waals surface area contributed by atoms with Gasteiger partial charge in [-0.05, 0) is 28.4 Å². The van der Waals surface area contributed by atoms with Crippen LogP contribution in [0, 0.1) is 5.41 Å². The SMILES string of the molecule is COc1ccc2cc(B3OCC(C)(C)CO3)ccc2c1. The standard InChI is InChI=1S/C16H19BO3/c1-16(2)10-19-17(20-11-16)14-6-4-13-9-15(18-3)7-5-12(13)8-14/h4-9H,10-11H2,1-3H3. The van der Waals surface area contributed by atoms with E-state index in [1.807, 2.05) is 12.1 Å². The highest BCUT2D eigenvalue weighted by atomic mass is 16.6. The summed E-state index contributed by atoms with van der Waals surface area (Å²) in [6.07, 6.45) is 0. The quantitative estimate of drug-likeness (QED) is 0.785. The molecule has 0 unspecified atom stereocenters. The molecule has 0 saturated carbocycles. The molecule has 1 aliphatic rings. The van der Waals surface area contributed by atoms with E-state index in [2.05, 4.69) is 38.1 Å². The average molecular weight is 270 g/mol. The van der Waals surface area contributed by atoms with Gasteiger partial charge in [-0.3, -0.25) is 0 Å². The van der Waals surface area contributed by atoms with Gasteiger partial charge in [-0.25, -0.2) is 0 Å². The van der Waals surface area contributed by atoms with Crippen LogP contribution in [-0.4, -0.2) is 27.4 Å². The number of methoxy groups -OCH3 is 1. The molecule has 0 radical (unpaired) electrons. The summed E-state index contributed by atoms with van der Waals surface area (Å²) in [5.41, 5.74) is 1.17. The molecule has 0 amide bonds. The largest absolute Gasteiger partial charge is 0.497 e. The Labute approximate surface area is 120 Å². The summed E-state index contributed by atoms with van der Waals surface area (Å²) < 4.78 is 16.9. The number of hydrogen-bond acceptors (Lipinski definition) is 3. The average Bonchev–Trinajstić information content (AvgIpc) is 2.46. The number of benzene rings is 2. The van der Waals surface area contributed by atoms with Gasteiger partial charge in [-0.2, -0.15) is 0 Å². The monoisotopic (exact) mass is 270 g/mol. The molecule has 0 spiro atoms. The summed E-state index contributed by atoms with van der Waals surface area (Å²) in [5, 5.41) is 2.32. The maximum atomic E-state index is 5.83. The van der Waals surface area contributed by atoms with Crippen molar-refractivity contribution < 1.29 is 14.0 Å². The van der Waals surface area contributed by atoms with Crippen molar-refractivity contribution in [1.82, 2.24) is 0 Å². The molecule has 20 heavy (non-hydrogen) atoms. The van der Waals surface area contributed by atoms with Crippen LogP contribution in [-0.2, 0) is 9.31 Å². The molecular formula is C16H19BO3. The van der Waals surface area contributed by atoms with Gasteiger partial charge in [0.2, 0.25) is 0 Å². The van der Waals surface area contributed by atoms with Crippen LogP contribution in [0.5, 0.6) is 5.75 Å². The Bertz CT molecular complexity index is 614. The first-order valence-corrected chi connectivity index (χ1v) is 6.88. The lowest BCUT2D eigenvalue weighted by molar-refractivity contribution is 0.0343. The highest BCUT2D eigenvalue weighted by Gasteiger charge is 2.33. The van der Waals surface area contributed by atoms with Gasteiger partial charge in [0, 0.05) is 18.6 Å². The smallest absolute Gasteiger partial charge is 0.493 e. The molecule has 1 fully saturated rings. The van der Waals surface area contributed by atoms with E-state index in [9.17, 15) is 0 Å². The summed E-state index contributed by atoms with van der Waals surface area (Å²) in [4.78, 5) is 0. The third-order valence-corrected chi connectivity index (χ3v) is 3.59. The van der Waals surface area contributed by atoms with Crippen molar-refractivity contribution in [3.05, 3.63) is 36.4 Å². The molecular weight excluding hydrogens is 251 g/mol. The van der Waals surface area contributed by atoms with E-state index >= 15 is 0 Å². The van der Waals surface area contributed by atoms with Crippen molar-refractivity contribution in [2.75, 3.05) is 20.3 Å². The predicted molar refractivity (Wildman–Crippen MR) is 81.6 cm³/mol. The third kappa shape index (κ3) is 2.67. The fourth-order valence-corrected chi connectivity index (χ4v) is 2.40. The van der Waals surface area contributed by atoms with Crippen molar-refractivity contribution in [3.63, 3.8) is 0 Å². The maximum Gasteiger partial charge on any atom is 0.493 e. The molecule has 1 aliphatic heterocycles. The minimum atomic E-state index is -0.255. The van der Waals surface area contributed by atoms with Gasteiger partial charge in [0.25, 0.3) is 0 Å². The van der Waals surface area contributed by atoms with E-state index in [0.717, 1.165) is 29.8 Å². The number of hydrogen-bond donors (Lipinski definition) is 0. The van der Waals surface area contributed by atoms with Crippen LogP contribution in [0.4, 0.5) is 0 Å². The molecule has 3 nitrogen and oxygen atoms in total. The first kappa shape index (κ1) is 13.5. The minimum Gasteiger partial charge on any atom is -0.497 e. The summed E-state index contributed by atoms with van der Waals surface area (Å²) in [7, 11) is 1.43. The predicted octanol–water partition coefficient (Wildman–Crippen LogP) is 2.62. The molecule has 0 bridgehead atoms. The number of fused-ring (bicyclic) bond motifs is 1. The Morgan fingerprint density at radius 1 is 1.00 bits per heavy atom. The molecule has 104 valence electrons. The molecule has 0 atom stereocenters. The van der Waals surface area contributed by atoms with E-state index in [0.29, 0.717) is 0 Å². The van der Waals surface area contributed by atoms with Gasteiger partial charge in [0.15, 0.2) is 0 Å². The summed E-state index contributed by atoms with van der Waals surface area (Å²) in [6.45, 7) is 5.74. The fraction of sp³-hybridized carbons (Fsp3) is 0.375. The first-order valence-electron chi connectivity index (χ1n) is 6.88. The number of rotatable bonds is 2. The Morgan fingerprint density at radius 3 is 2.35 bits per heavy atom. The van der Waals surface area contributed by atoms with Crippen molar-refractivity contribution in [3.8, 4) is 5.75 Å². The molecule has 4 heteroatoms. The van der Waals surface area contributed by atoms with E-state index in [1.165, 1.54) is 5.39 Å². The summed E-state index contributed by atoms with van der Waals surface area (Å²) in [5.74, 6) is 0.872. The Kier molecular flexibility index (Phi) is 3.44. The zero-order chi connectivity index (χ0) is 14.2. The lowest BCUT2D eigenvalue weighted by Crippen LogP contribution is -2.47. The van der Waals surface area contributed by atoms with Gasteiger partial charge in [0.05, 0.1) is 7.11 Å². The Hall–Kier alpha value is -1.52. The van der Waals surface area contributed by atoms with Crippen LogP contribution < -0.4 is 10.2 Å².